The molecular weight excluding hydrogens is 339 g/mol. The lowest BCUT2D eigenvalue weighted by Gasteiger charge is -2.35. The largest absolute Gasteiger partial charge is 0.416 e. The highest BCUT2D eigenvalue weighted by Gasteiger charge is 2.32. The Bertz CT molecular complexity index is 586. The van der Waals surface area contributed by atoms with Crippen LogP contribution in [0.1, 0.15) is 37.8 Å². The lowest BCUT2D eigenvalue weighted by molar-refractivity contribution is -0.137. The first-order valence-electron chi connectivity index (χ1n) is 9.51. The van der Waals surface area contributed by atoms with Gasteiger partial charge in [0.05, 0.1) is 5.56 Å². The maximum absolute atomic E-state index is 13.3. The van der Waals surface area contributed by atoms with E-state index in [1.165, 1.54) is 18.1 Å². The molecular formula is C20H29F3N3. The van der Waals surface area contributed by atoms with Crippen LogP contribution in [0.15, 0.2) is 18.2 Å². The fourth-order valence-electron chi connectivity index (χ4n) is 3.90. The molecule has 2 aliphatic rings. The van der Waals surface area contributed by atoms with Crippen molar-refractivity contribution in [2.24, 2.45) is 0 Å². The van der Waals surface area contributed by atoms with Crippen molar-refractivity contribution in [1.82, 2.24) is 9.80 Å². The molecule has 0 amide bonds. The molecule has 0 saturated carbocycles. The topological polar surface area (TPSA) is 9.72 Å². The Kier molecular flexibility index (Phi) is 6.13. The van der Waals surface area contributed by atoms with Gasteiger partial charge in [-0.3, -0.25) is 4.90 Å². The Hall–Kier alpha value is -1.27. The van der Waals surface area contributed by atoms with Crippen LogP contribution in [0.25, 0.3) is 0 Å². The normalized spacial score (nSPS) is 20.3. The monoisotopic (exact) mass is 368 g/mol. The molecule has 0 aliphatic carbocycles. The van der Waals surface area contributed by atoms with Crippen molar-refractivity contribution in [2.75, 3.05) is 50.7 Å². The number of benzene rings is 1. The number of halogens is 3. The smallest absolute Gasteiger partial charge is 0.372 e. The predicted molar refractivity (Wildman–Crippen MR) is 99.2 cm³/mol. The van der Waals surface area contributed by atoms with Crippen LogP contribution in [-0.4, -0.2) is 55.6 Å². The average molecular weight is 368 g/mol. The van der Waals surface area contributed by atoms with Gasteiger partial charge < -0.3 is 9.80 Å². The van der Waals surface area contributed by atoms with E-state index in [1.54, 1.807) is 0 Å². The Morgan fingerprint density at radius 2 is 1.50 bits per heavy atom. The van der Waals surface area contributed by atoms with Crippen LogP contribution in [-0.2, 0) is 12.7 Å². The molecule has 3 rings (SSSR count). The van der Waals surface area contributed by atoms with Crippen LogP contribution in [0.5, 0.6) is 0 Å². The summed E-state index contributed by atoms with van der Waals surface area (Å²) in [5, 5.41) is 0. The SMILES string of the molecule is C[C](C)CN1CCN(Cc2cc(N3CCCC3)cc(C(F)(F)F)c2)CC1. The van der Waals surface area contributed by atoms with Crippen molar-refractivity contribution in [3.8, 4) is 0 Å². The minimum atomic E-state index is -4.29. The summed E-state index contributed by atoms with van der Waals surface area (Å²) >= 11 is 0. The van der Waals surface area contributed by atoms with E-state index in [2.05, 4.69) is 28.5 Å². The van der Waals surface area contributed by atoms with Gasteiger partial charge in [0.25, 0.3) is 0 Å². The number of rotatable bonds is 5. The lowest BCUT2D eigenvalue weighted by Crippen LogP contribution is -2.46. The van der Waals surface area contributed by atoms with Crippen LogP contribution in [0.2, 0.25) is 0 Å². The summed E-state index contributed by atoms with van der Waals surface area (Å²) in [6.45, 7) is 11.3. The molecule has 2 fully saturated rings. The standard InChI is InChI=1S/C20H29F3N3/c1-16(2)14-24-7-9-25(10-8-24)15-17-11-18(20(21,22)23)13-19(12-17)26-5-3-4-6-26/h11-13H,3-10,14-15H2,1-2H3. The Balaban J connectivity index is 1.70. The summed E-state index contributed by atoms with van der Waals surface area (Å²) in [5.41, 5.74) is 0.974. The van der Waals surface area contributed by atoms with Gasteiger partial charge in [0.1, 0.15) is 0 Å². The third kappa shape index (κ3) is 5.13. The van der Waals surface area contributed by atoms with Gasteiger partial charge in [-0.2, -0.15) is 13.2 Å². The minimum absolute atomic E-state index is 0.522. The van der Waals surface area contributed by atoms with Gasteiger partial charge in [-0.15, -0.1) is 0 Å². The Morgan fingerprint density at radius 1 is 0.885 bits per heavy atom. The zero-order chi connectivity index (χ0) is 18.7. The third-order valence-corrected chi connectivity index (χ3v) is 5.19. The summed E-state index contributed by atoms with van der Waals surface area (Å²) in [5.74, 6) is 1.39. The fourth-order valence-corrected chi connectivity index (χ4v) is 3.90. The van der Waals surface area contributed by atoms with E-state index in [0.717, 1.165) is 69.9 Å². The van der Waals surface area contributed by atoms with Crippen molar-refractivity contribution in [2.45, 2.75) is 39.4 Å². The maximum atomic E-state index is 13.3. The Morgan fingerprint density at radius 3 is 2.08 bits per heavy atom. The van der Waals surface area contributed by atoms with E-state index in [1.807, 2.05) is 6.07 Å². The van der Waals surface area contributed by atoms with Gasteiger partial charge in [0, 0.05) is 58.0 Å². The lowest BCUT2D eigenvalue weighted by atomic mass is 10.1. The summed E-state index contributed by atoms with van der Waals surface area (Å²) in [6.07, 6.45) is -2.18. The first-order chi connectivity index (χ1) is 12.3. The van der Waals surface area contributed by atoms with Crippen molar-refractivity contribution >= 4 is 5.69 Å². The first-order valence-corrected chi connectivity index (χ1v) is 9.51. The van der Waals surface area contributed by atoms with E-state index in [-0.39, 0.29) is 0 Å². The number of anilines is 1. The molecule has 0 spiro atoms. The molecule has 2 heterocycles. The molecule has 2 saturated heterocycles. The van der Waals surface area contributed by atoms with Crippen molar-refractivity contribution < 1.29 is 13.2 Å². The van der Waals surface area contributed by atoms with E-state index < -0.39 is 11.7 Å². The van der Waals surface area contributed by atoms with Gasteiger partial charge in [-0.1, -0.05) is 13.8 Å². The maximum Gasteiger partial charge on any atom is 0.416 e. The Labute approximate surface area is 154 Å². The van der Waals surface area contributed by atoms with Crippen molar-refractivity contribution in [3.05, 3.63) is 35.2 Å². The van der Waals surface area contributed by atoms with E-state index >= 15 is 0 Å². The second kappa shape index (κ2) is 8.17. The molecule has 1 radical (unpaired) electrons. The highest BCUT2D eigenvalue weighted by atomic mass is 19.4. The summed E-state index contributed by atoms with van der Waals surface area (Å²) in [4.78, 5) is 6.76. The van der Waals surface area contributed by atoms with Crippen LogP contribution >= 0.6 is 0 Å². The molecule has 0 atom stereocenters. The molecule has 1 aromatic carbocycles. The fraction of sp³-hybridized carbons (Fsp3) is 0.650. The number of alkyl halides is 3. The zero-order valence-corrected chi connectivity index (χ0v) is 15.8. The molecule has 145 valence electrons. The van der Waals surface area contributed by atoms with Gasteiger partial charge in [0.2, 0.25) is 0 Å². The quantitative estimate of drug-likeness (QED) is 0.777. The van der Waals surface area contributed by atoms with Crippen LogP contribution in [0.4, 0.5) is 18.9 Å². The number of piperazine rings is 1. The van der Waals surface area contributed by atoms with E-state index in [9.17, 15) is 13.2 Å². The highest BCUT2D eigenvalue weighted by Crippen LogP contribution is 2.34. The van der Waals surface area contributed by atoms with Crippen LogP contribution in [0, 0.1) is 5.92 Å². The van der Waals surface area contributed by atoms with E-state index in [4.69, 9.17) is 0 Å². The van der Waals surface area contributed by atoms with Crippen molar-refractivity contribution in [3.63, 3.8) is 0 Å². The molecule has 2 aliphatic heterocycles. The second-order valence-corrected chi connectivity index (χ2v) is 7.84. The average Bonchev–Trinajstić information content (AvgIpc) is 3.10. The predicted octanol–water partition coefficient (Wildman–Crippen LogP) is 4.04. The summed E-state index contributed by atoms with van der Waals surface area (Å²) in [7, 11) is 0. The first kappa shape index (κ1) is 19.5. The molecule has 0 bridgehead atoms. The van der Waals surface area contributed by atoms with Gasteiger partial charge in [-0.25, -0.2) is 0 Å². The number of hydrogen-bond donors (Lipinski definition) is 0. The molecule has 0 aromatic heterocycles. The summed E-state index contributed by atoms with van der Waals surface area (Å²) in [6, 6.07) is 4.60. The highest BCUT2D eigenvalue weighted by molar-refractivity contribution is 5.52. The van der Waals surface area contributed by atoms with Gasteiger partial charge >= 0.3 is 6.18 Å². The summed E-state index contributed by atoms with van der Waals surface area (Å²) < 4.78 is 40.0. The molecule has 0 unspecified atom stereocenters. The molecule has 6 heteroatoms. The van der Waals surface area contributed by atoms with Crippen molar-refractivity contribution in [1.29, 1.82) is 0 Å². The molecule has 1 aromatic rings. The number of nitrogens with zero attached hydrogens (tertiary/aromatic N) is 3. The van der Waals surface area contributed by atoms with Gasteiger partial charge in [0.15, 0.2) is 0 Å². The molecule has 26 heavy (non-hydrogen) atoms. The molecule has 3 nitrogen and oxygen atoms in total. The third-order valence-electron chi connectivity index (χ3n) is 5.19. The molecule has 0 N–H and O–H groups in total. The zero-order valence-electron chi connectivity index (χ0n) is 15.8. The second-order valence-electron chi connectivity index (χ2n) is 7.84. The van der Waals surface area contributed by atoms with E-state index in [0.29, 0.717) is 6.54 Å². The minimum Gasteiger partial charge on any atom is -0.372 e. The van der Waals surface area contributed by atoms with Gasteiger partial charge in [-0.05, 0) is 42.5 Å². The number of hydrogen-bond acceptors (Lipinski definition) is 3. The van der Waals surface area contributed by atoms with Crippen LogP contribution in [0.3, 0.4) is 0 Å². The van der Waals surface area contributed by atoms with Crippen LogP contribution < -0.4 is 4.90 Å².